The van der Waals surface area contributed by atoms with Crippen LogP contribution in [-0.2, 0) is 12.1 Å². The lowest BCUT2D eigenvalue weighted by Crippen LogP contribution is -2.44. The largest absolute Gasteiger partial charge is 0.474 e. The Morgan fingerprint density at radius 3 is 2.86 bits per heavy atom. The smallest absolute Gasteiger partial charge is 0.218 e. The molecule has 2 aromatic rings. The van der Waals surface area contributed by atoms with Gasteiger partial charge in [-0.05, 0) is 57.7 Å². The van der Waals surface area contributed by atoms with Crippen molar-refractivity contribution in [2.45, 2.75) is 57.8 Å². The third-order valence-corrected chi connectivity index (χ3v) is 4.83. The molecule has 28 heavy (non-hydrogen) atoms. The van der Waals surface area contributed by atoms with Crippen LogP contribution in [0.4, 0.5) is 0 Å². The first-order valence-electron chi connectivity index (χ1n) is 9.97. The van der Waals surface area contributed by atoms with E-state index in [0.29, 0.717) is 30.7 Å². The average molecular weight is 386 g/mol. The molecule has 0 bridgehead atoms. The second kappa shape index (κ2) is 9.59. The summed E-state index contributed by atoms with van der Waals surface area (Å²) in [6.07, 6.45) is 8.17. The van der Waals surface area contributed by atoms with Crippen LogP contribution in [0.1, 0.15) is 50.9 Å². The summed E-state index contributed by atoms with van der Waals surface area (Å²) in [6, 6.07) is 7.41. The van der Waals surface area contributed by atoms with E-state index in [1.807, 2.05) is 19.1 Å². The number of pyridine rings is 1. The van der Waals surface area contributed by atoms with Gasteiger partial charge in [0.25, 0.3) is 0 Å². The number of rotatable bonds is 8. The second-order valence-corrected chi connectivity index (χ2v) is 7.29. The minimum Gasteiger partial charge on any atom is -0.474 e. The van der Waals surface area contributed by atoms with Gasteiger partial charge < -0.3 is 24.9 Å². The molecule has 2 aromatic heterocycles. The van der Waals surface area contributed by atoms with Crippen molar-refractivity contribution in [3.63, 3.8) is 0 Å². The van der Waals surface area contributed by atoms with Crippen LogP contribution < -0.4 is 15.4 Å². The summed E-state index contributed by atoms with van der Waals surface area (Å²) >= 11 is 0. The zero-order valence-electron chi connectivity index (χ0n) is 16.6. The highest BCUT2D eigenvalue weighted by Crippen LogP contribution is 2.25. The summed E-state index contributed by atoms with van der Waals surface area (Å²) < 4.78 is 11.4. The summed E-state index contributed by atoms with van der Waals surface area (Å²) in [5, 5.41) is 17.0. The van der Waals surface area contributed by atoms with E-state index in [4.69, 9.17) is 9.15 Å². The van der Waals surface area contributed by atoms with E-state index in [1.165, 1.54) is 12.8 Å². The molecule has 0 aliphatic heterocycles. The van der Waals surface area contributed by atoms with E-state index in [9.17, 15) is 5.11 Å². The van der Waals surface area contributed by atoms with Gasteiger partial charge in [0, 0.05) is 18.3 Å². The molecule has 0 amide bonds. The molecule has 1 saturated carbocycles. The van der Waals surface area contributed by atoms with Gasteiger partial charge in [0.15, 0.2) is 5.96 Å². The van der Waals surface area contributed by atoms with Crippen molar-refractivity contribution in [3.8, 4) is 5.88 Å². The van der Waals surface area contributed by atoms with Gasteiger partial charge in [-0.2, -0.15) is 0 Å². The Kier molecular flexibility index (Phi) is 6.92. The third-order valence-electron chi connectivity index (χ3n) is 4.83. The van der Waals surface area contributed by atoms with Gasteiger partial charge in [0.1, 0.15) is 17.5 Å². The Balaban J connectivity index is 1.64. The van der Waals surface area contributed by atoms with Crippen molar-refractivity contribution in [3.05, 3.63) is 48.0 Å². The summed E-state index contributed by atoms with van der Waals surface area (Å²) in [7, 11) is 0. The maximum atomic E-state index is 10.6. The van der Waals surface area contributed by atoms with Crippen LogP contribution in [-0.4, -0.2) is 35.2 Å². The Labute approximate surface area is 166 Å². The Morgan fingerprint density at radius 1 is 1.32 bits per heavy atom. The standard InChI is InChI=1S/C21H30N4O3/c1-3-22-20(25-15-21(2,26)18-11-7-13-27-18)24-14-16-8-6-12-23-19(16)28-17-9-4-5-10-17/h6-8,11-13,17,26H,3-5,9-10,14-15H2,1-2H3,(H2,22,24,25). The molecule has 0 spiro atoms. The third kappa shape index (κ3) is 5.48. The monoisotopic (exact) mass is 386 g/mol. The number of aliphatic hydroxyl groups is 1. The van der Waals surface area contributed by atoms with Crippen LogP contribution in [0.2, 0.25) is 0 Å². The van der Waals surface area contributed by atoms with Crippen molar-refractivity contribution in [2.75, 3.05) is 13.1 Å². The second-order valence-electron chi connectivity index (χ2n) is 7.29. The fourth-order valence-corrected chi connectivity index (χ4v) is 3.25. The van der Waals surface area contributed by atoms with E-state index in [2.05, 4.69) is 20.6 Å². The van der Waals surface area contributed by atoms with Gasteiger partial charge >= 0.3 is 0 Å². The van der Waals surface area contributed by atoms with Crippen molar-refractivity contribution in [2.24, 2.45) is 4.99 Å². The van der Waals surface area contributed by atoms with E-state index in [1.54, 1.807) is 31.5 Å². The first kappa shape index (κ1) is 20.2. The molecule has 7 heteroatoms. The number of nitrogens with zero attached hydrogens (tertiary/aromatic N) is 2. The lowest BCUT2D eigenvalue weighted by Gasteiger charge is -2.22. The minimum absolute atomic E-state index is 0.257. The van der Waals surface area contributed by atoms with Gasteiger partial charge in [-0.1, -0.05) is 6.07 Å². The summed E-state index contributed by atoms with van der Waals surface area (Å²) in [4.78, 5) is 9.04. The Bertz CT molecular complexity index is 753. The fourth-order valence-electron chi connectivity index (χ4n) is 3.25. The molecule has 3 N–H and O–H groups in total. The van der Waals surface area contributed by atoms with Gasteiger partial charge in [-0.3, -0.25) is 0 Å². The molecule has 7 nitrogen and oxygen atoms in total. The zero-order chi connectivity index (χ0) is 19.8. The number of ether oxygens (including phenoxy) is 1. The average Bonchev–Trinajstić information content (AvgIpc) is 3.39. The Morgan fingerprint density at radius 2 is 2.14 bits per heavy atom. The number of hydrogen-bond donors (Lipinski definition) is 3. The summed E-state index contributed by atoms with van der Waals surface area (Å²) in [6.45, 7) is 5.13. The highest BCUT2D eigenvalue weighted by molar-refractivity contribution is 5.79. The molecule has 0 saturated heterocycles. The minimum atomic E-state index is -1.13. The predicted octanol–water partition coefficient (Wildman–Crippen LogP) is 2.96. The van der Waals surface area contributed by atoms with Crippen LogP contribution in [0.25, 0.3) is 0 Å². The molecular formula is C21H30N4O3. The molecule has 152 valence electrons. The summed E-state index contributed by atoms with van der Waals surface area (Å²) in [5.41, 5.74) is -0.186. The maximum Gasteiger partial charge on any atom is 0.218 e. The topological polar surface area (TPSA) is 91.9 Å². The van der Waals surface area contributed by atoms with E-state index in [0.717, 1.165) is 18.4 Å². The molecule has 0 aromatic carbocycles. The molecule has 1 atom stereocenters. The number of nitrogens with one attached hydrogen (secondary N) is 2. The molecule has 1 aliphatic carbocycles. The van der Waals surface area contributed by atoms with Gasteiger partial charge in [-0.25, -0.2) is 9.98 Å². The molecule has 0 radical (unpaired) electrons. The van der Waals surface area contributed by atoms with Crippen molar-refractivity contribution in [1.29, 1.82) is 0 Å². The number of aromatic nitrogens is 1. The fraction of sp³-hybridized carbons (Fsp3) is 0.524. The highest BCUT2D eigenvalue weighted by atomic mass is 16.5. The van der Waals surface area contributed by atoms with Crippen LogP contribution in [0.3, 0.4) is 0 Å². The van der Waals surface area contributed by atoms with Crippen LogP contribution in [0, 0.1) is 0 Å². The van der Waals surface area contributed by atoms with Crippen molar-refractivity contribution >= 4 is 5.96 Å². The molecule has 1 aliphatic rings. The van der Waals surface area contributed by atoms with Crippen LogP contribution >= 0.6 is 0 Å². The van der Waals surface area contributed by atoms with E-state index >= 15 is 0 Å². The van der Waals surface area contributed by atoms with Gasteiger partial charge in [0.2, 0.25) is 5.88 Å². The number of hydrogen-bond acceptors (Lipinski definition) is 5. The van der Waals surface area contributed by atoms with Gasteiger partial charge in [-0.15, -0.1) is 0 Å². The quantitative estimate of drug-likeness (QED) is 0.477. The van der Waals surface area contributed by atoms with Crippen molar-refractivity contribution in [1.82, 2.24) is 15.6 Å². The van der Waals surface area contributed by atoms with E-state index < -0.39 is 5.60 Å². The molecular weight excluding hydrogens is 356 g/mol. The number of furan rings is 1. The molecule has 1 unspecified atom stereocenters. The molecule has 1 fully saturated rings. The van der Waals surface area contributed by atoms with Crippen LogP contribution in [0.5, 0.6) is 5.88 Å². The predicted molar refractivity (Wildman–Crippen MR) is 108 cm³/mol. The summed E-state index contributed by atoms with van der Waals surface area (Å²) in [5.74, 6) is 1.79. The highest BCUT2D eigenvalue weighted by Gasteiger charge is 2.26. The lowest BCUT2D eigenvalue weighted by molar-refractivity contribution is 0.0386. The number of guanidine groups is 1. The molecule has 2 heterocycles. The first-order chi connectivity index (χ1) is 13.6. The SMILES string of the molecule is CCNC(=NCc1cccnc1OC1CCCC1)NCC(C)(O)c1ccco1. The van der Waals surface area contributed by atoms with Gasteiger partial charge in [0.05, 0.1) is 19.4 Å². The van der Waals surface area contributed by atoms with Crippen molar-refractivity contribution < 1.29 is 14.3 Å². The lowest BCUT2D eigenvalue weighted by atomic mass is 10.0. The maximum absolute atomic E-state index is 10.6. The molecule has 3 rings (SSSR count). The Hall–Kier alpha value is -2.54. The zero-order valence-corrected chi connectivity index (χ0v) is 16.6. The normalized spacial score (nSPS) is 17.3. The van der Waals surface area contributed by atoms with Crippen LogP contribution in [0.15, 0.2) is 46.1 Å². The first-order valence-corrected chi connectivity index (χ1v) is 9.97. The number of aliphatic imine (C=N–C) groups is 1. The van der Waals surface area contributed by atoms with E-state index in [-0.39, 0.29) is 12.6 Å².